The fourth-order valence-electron chi connectivity index (χ4n) is 2.94. The second-order valence-corrected chi connectivity index (χ2v) is 5.40. The summed E-state index contributed by atoms with van der Waals surface area (Å²) in [4.78, 5) is 29.4. The largest absolute Gasteiger partial charge is 0.493 e. The van der Waals surface area contributed by atoms with Gasteiger partial charge in [-0.05, 0) is 17.7 Å². The van der Waals surface area contributed by atoms with Crippen molar-refractivity contribution in [2.45, 2.75) is 12.1 Å². The molecule has 1 aliphatic rings. The Balaban J connectivity index is 2.25. The number of nitrogens with zero attached hydrogens (tertiary/aromatic N) is 2. The Morgan fingerprint density at radius 2 is 1.85 bits per heavy atom. The van der Waals surface area contributed by atoms with Gasteiger partial charge in [-0.15, -0.1) is 0 Å². The Kier molecular flexibility index (Phi) is 4.28. The van der Waals surface area contributed by atoms with E-state index in [0.717, 1.165) is 0 Å². The van der Waals surface area contributed by atoms with E-state index >= 15 is 0 Å². The van der Waals surface area contributed by atoms with Crippen molar-refractivity contribution in [3.8, 4) is 23.1 Å². The highest BCUT2D eigenvalue weighted by Gasteiger charge is 2.47. The molecule has 2 unspecified atom stereocenters. The molecule has 0 radical (unpaired) electrons. The lowest BCUT2D eigenvalue weighted by Gasteiger charge is -2.17. The Hall–Kier alpha value is -3.50. The number of methoxy groups -OCH3 is 3. The number of aromatic amines is 1. The number of hydrogen-bond acceptors (Lipinski definition) is 9. The molecule has 0 amide bonds. The van der Waals surface area contributed by atoms with Crippen molar-refractivity contribution < 1.29 is 23.9 Å². The molecule has 138 valence electrons. The minimum Gasteiger partial charge on any atom is -0.493 e. The molecule has 0 saturated heterocycles. The Morgan fingerprint density at radius 1 is 1.23 bits per heavy atom. The highest BCUT2D eigenvalue weighted by molar-refractivity contribution is 5.57. The molecule has 0 fully saturated rings. The number of nitrogen functional groups attached to an aromatic ring is 1. The number of ether oxygens (including phenoxy) is 4. The molecule has 2 atom stereocenters. The maximum atomic E-state index is 12.4. The average molecular weight is 364 g/mol. The zero-order valence-electron chi connectivity index (χ0n) is 14.1. The predicted octanol–water partition coefficient (Wildman–Crippen LogP) is 0.505. The summed E-state index contributed by atoms with van der Waals surface area (Å²) in [5.74, 6) is -0.506. The van der Waals surface area contributed by atoms with Gasteiger partial charge in [-0.1, -0.05) is 0 Å². The van der Waals surface area contributed by atoms with Gasteiger partial charge in [0.15, 0.2) is 11.5 Å². The van der Waals surface area contributed by atoms with E-state index in [2.05, 4.69) is 9.97 Å². The van der Waals surface area contributed by atoms with Crippen LogP contribution < -0.4 is 30.2 Å². The average Bonchev–Trinajstić information content (AvgIpc) is 3.00. The maximum Gasteiger partial charge on any atom is 0.366 e. The molecule has 0 saturated carbocycles. The molecule has 1 aliphatic heterocycles. The summed E-state index contributed by atoms with van der Waals surface area (Å²) in [6, 6.07) is 3.05. The molecule has 0 aliphatic carbocycles. The van der Waals surface area contributed by atoms with Crippen LogP contribution >= 0.6 is 0 Å². The van der Waals surface area contributed by atoms with Crippen molar-refractivity contribution in [3.05, 3.63) is 43.7 Å². The standard InChI is InChI=1S/C15H16N4O7/c1-23-7-4-6(5-8(24-2)11(7)25-3)9-10-12(20)17-15(16)18-13(10)26-14(9)19(21)22/h4-5,9,14H,1-3H3,(H3,16,17,18,20). The molecule has 0 spiro atoms. The molecule has 1 aromatic carbocycles. The van der Waals surface area contributed by atoms with Crippen molar-refractivity contribution in [3.63, 3.8) is 0 Å². The minimum absolute atomic E-state index is 0.00942. The molecule has 3 N–H and O–H groups in total. The van der Waals surface area contributed by atoms with Gasteiger partial charge in [0, 0.05) is 0 Å². The quantitative estimate of drug-likeness (QED) is 0.570. The van der Waals surface area contributed by atoms with Crippen LogP contribution in [0.25, 0.3) is 0 Å². The van der Waals surface area contributed by atoms with Crippen LogP contribution in [-0.2, 0) is 0 Å². The smallest absolute Gasteiger partial charge is 0.366 e. The van der Waals surface area contributed by atoms with Crippen molar-refractivity contribution in [1.29, 1.82) is 0 Å². The summed E-state index contributed by atoms with van der Waals surface area (Å²) < 4.78 is 21.1. The zero-order valence-corrected chi connectivity index (χ0v) is 14.1. The maximum absolute atomic E-state index is 12.4. The van der Waals surface area contributed by atoms with Crippen molar-refractivity contribution in [2.75, 3.05) is 27.1 Å². The molecule has 26 heavy (non-hydrogen) atoms. The molecule has 2 heterocycles. The molecular formula is C15H16N4O7. The van der Waals surface area contributed by atoms with Crippen LogP contribution in [0, 0.1) is 10.1 Å². The topological polar surface area (TPSA) is 152 Å². The van der Waals surface area contributed by atoms with E-state index in [-0.39, 0.29) is 28.9 Å². The zero-order chi connectivity index (χ0) is 19.0. The SMILES string of the molecule is COc1cc(C2c3c(nc(N)[nH]c3=O)OC2[N+](=O)[O-])cc(OC)c1OC. The van der Waals surface area contributed by atoms with Gasteiger partial charge in [-0.25, -0.2) is 0 Å². The monoisotopic (exact) mass is 364 g/mol. The highest BCUT2D eigenvalue weighted by atomic mass is 16.7. The van der Waals surface area contributed by atoms with Crippen LogP contribution in [0.15, 0.2) is 16.9 Å². The number of nitrogens with two attached hydrogens (primary N) is 1. The molecule has 1 aromatic heterocycles. The first-order valence-corrected chi connectivity index (χ1v) is 7.41. The first kappa shape index (κ1) is 17.3. The van der Waals surface area contributed by atoms with Gasteiger partial charge in [0.05, 0.1) is 31.8 Å². The molecular weight excluding hydrogens is 348 g/mol. The van der Waals surface area contributed by atoms with Gasteiger partial charge in [-0.3, -0.25) is 19.9 Å². The summed E-state index contributed by atoms with van der Waals surface area (Å²) in [6.45, 7) is 0. The number of nitro groups is 1. The highest BCUT2D eigenvalue weighted by Crippen LogP contribution is 2.45. The van der Waals surface area contributed by atoms with Crippen LogP contribution in [0.2, 0.25) is 0 Å². The normalized spacial score (nSPS) is 18.0. The number of nitrogens with one attached hydrogen (secondary N) is 1. The Morgan fingerprint density at radius 3 is 2.35 bits per heavy atom. The third-order valence-electron chi connectivity index (χ3n) is 4.02. The van der Waals surface area contributed by atoms with Gasteiger partial charge in [0.2, 0.25) is 17.6 Å². The molecule has 11 nitrogen and oxygen atoms in total. The van der Waals surface area contributed by atoms with Crippen LogP contribution in [0.3, 0.4) is 0 Å². The Bertz CT molecular complexity index is 902. The molecule has 2 aromatic rings. The van der Waals surface area contributed by atoms with Crippen LogP contribution in [-0.4, -0.2) is 42.4 Å². The van der Waals surface area contributed by atoms with Gasteiger partial charge in [0.1, 0.15) is 5.92 Å². The first-order valence-electron chi connectivity index (χ1n) is 7.41. The molecule has 0 bridgehead atoms. The van der Waals surface area contributed by atoms with Gasteiger partial charge >= 0.3 is 6.23 Å². The van der Waals surface area contributed by atoms with E-state index < -0.39 is 22.6 Å². The van der Waals surface area contributed by atoms with E-state index in [4.69, 9.17) is 24.7 Å². The number of aromatic nitrogens is 2. The lowest BCUT2D eigenvalue weighted by molar-refractivity contribution is -0.562. The predicted molar refractivity (Wildman–Crippen MR) is 88.6 cm³/mol. The number of rotatable bonds is 5. The lowest BCUT2D eigenvalue weighted by Crippen LogP contribution is -2.30. The second-order valence-electron chi connectivity index (χ2n) is 5.40. The summed E-state index contributed by atoms with van der Waals surface area (Å²) >= 11 is 0. The summed E-state index contributed by atoms with van der Waals surface area (Å²) in [7, 11) is 4.27. The van der Waals surface area contributed by atoms with E-state index in [1.54, 1.807) is 0 Å². The van der Waals surface area contributed by atoms with E-state index in [1.807, 2.05) is 0 Å². The summed E-state index contributed by atoms with van der Waals surface area (Å²) in [5.41, 5.74) is 5.26. The third kappa shape index (κ3) is 2.62. The first-order chi connectivity index (χ1) is 12.4. The van der Waals surface area contributed by atoms with Crippen molar-refractivity contribution in [2.24, 2.45) is 0 Å². The number of benzene rings is 1. The third-order valence-corrected chi connectivity index (χ3v) is 4.02. The second kappa shape index (κ2) is 6.43. The van der Waals surface area contributed by atoms with E-state index in [9.17, 15) is 14.9 Å². The van der Waals surface area contributed by atoms with Gasteiger partial charge < -0.3 is 24.7 Å². The van der Waals surface area contributed by atoms with Gasteiger partial charge in [-0.2, -0.15) is 4.98 Å². The minimum atomic E-state index is -1.55. The number of fused-ring (bicyclic) bond motifs is 1. The van der Waals surface area contributed by atoms with Crippen molar-refractivity contribution in [1.82, 2.24) is 9.97 Å². The van der Waals surface area contributed by atoms with Crippen LogP contribution in [0.1, 0.15) is 17.0 Å². The van der Waals surface area contributed by atoms with E-state index in [1.165, 1.54) is 33.5 Å². The fourth-order valence-corrected chi connectivity index (χ4v) is 2.94. The summed E-state index contributed by atoms with van der Waals surface area (Å²) in [5, 5.41) is 11.5. The van der Waals surface area contributed by atoms with Crippen LogP contribution in [0.5, 0.6) is 23.1 Å². The van der Waals surface area contributed by atoms with Gasteiger partial charge in [0.25, 0.3) is 5.56 Å². The van der Waals surface area contributed by atoms with E-state index in [0.29, 0.717) is 11.3 Å². The molecule has 3 rings (SSSR count). The summed E-state index contributed by atoms with van der Waals surface area (Å²) in [6.07, 6.45) is -1.55. The number of hydrogen-bond donors (Lipinski definition) is 2. The number of H-pyrrole nitrogens is 1. The Labute approximate surface area is 146 Å². The van der Waals surface area contributed by atoms with Crippen molar-refractivity contribution >= 4 is 5.95 Å². The molecule has 11 heteroatoms. The number of anilines is 1. The lowest BCUT2D eigenvalue weighted by atomic mass is 9.92. The fraction of sp³-hybridized carbons (Fsp3) is 0.333. The van der Waals surface area contributed by atoms with Crippen LogP contribution in [0.4, 0.5) is 5.95 Å².